The number of thioether (sulfide) groups is 1. The van der Waals surface area contributed by atoms with E-state index in [1.807, 2.05) is 6.07 Å². The fraction of sp³-hybridized carbons (Fsp3) is 0. The fourth-order valence-electron chi connectivity index (χ4n) is 2.85. The van der Waals surface area contributed by atoms with E-state index in [1.165, 1.54) is 44.1 Å². The van der Waals surface area contributed by atoms with E-state index in [0.29, 0.717) is 0 Å². The summed E-state index contributed by atoms with van der Waals surface area (Å²) < 4.78 is 0. The summed E-state index contributed by atoms with van der Waals surface area (Å²) in [4.78, 5) is 1.04. The van der Waals surface area contributed by atoms with Crippen LogP contribution in [0.2, 0.25) is 0 Å². The predicted molar refractivity (Wildman–Crippen MR) is 81.6 cm³/mol. The molecule has 0 saturated heterocycles. The number of nitriles is 1. The van der Waals surface area contributed by atoms with E-state index in [9.17, 15) is 0 Å². The van der Waals surface area contributed by atoms with Crippen LogP contribution in [-0.4, -0.2) is 0 Å². The standard InChI is InChI=1S/C17H9NS/c18-10-19-15-9-7-13-5-4-11-2-1-3-12-6-8-14(15)17(13)16(11)12/h1-9H. The average Bonchev–Trinajstić information content (AvgIpc) is 2.46. The highest BCUT2D eigenvalue weighted by atomic mass is 32.2. The lowest BCUT2D eigenvalue weighted by Gasteiger charge is -2.12. The second-order valence-electron chi connectivity index (χ2n) is 4.61. The summed E-state index contributed by atoms with van der Waals surface area (Å²) in [5, 5.41) is 18.6. The van der Waals surface area contributed by atoms with Gasteiger partial charge in [-0.2, -0.15) is 5.26 Å². The third-order valence-corrected chi connectivity index (χ3v) is 4.31. The Hall–Kier alpha value is -2.24. The summed E-state index contributed by atoms with van der Waals surface area (Å²) in [6.07, 6.45) is 0. The third kappa shape index (κ3) is 1.43. The first-order chi connectivity index (χ1) is 9.38. The van der Waals surface area contributed by atoms with Gasteiger partial charge in [0.1, 0.15) is 5.40 Å². The molecule has 0 aromatic heterocycles. The van der Waals surface area contributed by atoms with Crippen LogP contribution in [0.4, 0.5) is 0 Å². The van der Waals surface area contributed by atoms with Gasteiger partial charge in [-0.3, -0.25) is 0 Å². The van der Waals surface area contributed by atoms with Crippen molar-refractivity contribution in [3.05, 3.63) is 54.6 Å². The Kier molecular flexibility index (Phi) is 2.18. The molecule has 4 aromatic carbocycles. The maximum Gasteiger partial charge on any atom is 0.138 e. The predicted octanol–water partition coefficient (Wildman–Crippen LogP) is 5.16. The van der Waals surface area contributed by atoms with Crippen LogP contribution in [0, 0.1) is 10.7 Å². The van der Waals surface area contributed by atoms with Gasteiger partial charge in [0, 0.05) is 4.90 Å². The summed E-state index contributed by atoms with van der Waals surface area (Å²) in [6.45, 7) is 0. The summed E-state index contributed by atoms with van der Waals surface area (Å²) in [5.74, 6) is 0. The number of hydrogen-bond donors (Lipinski definition) is 0. The normalized spacial score (nSPS) is 11.3. The zero-order valence-electron chi connectivity index (χ0n) is 10.1. The molecule has 0 atom stereocenters. The van der Waals surface area contributed by atoms with Crippen molar-refractivity contribution in [3.8, 4) is 5.40 Å². The van der Waals surface area contributed by atoms with E-state index in [2.05, 4.69) is 53.9 Å². The van der Waals surface area contributed by atoms with Crippen LogP contribution >= 0.6 is 11.8 Å². The summed E-state index contributed by atoms with van der Waals surface area (Å²) >= 11 is 1.23. The van der Waals surface area contributed by atoms with Crippen LogP contribution in [0.25, 0.3) is 32.3 Å². The minimum absolute atomic E-state index is 1.04. The Morgan fingerprint density at radius 3 is 2.11 bits per heavy atom. The van der Waals surface area contributed by atoms with E-state index < -0.39 is 0 Å². The Bertz CT molecular complexity index is 934. The molecular formula is C17H9NS. The topological polar surface area (TPSA) is 23.8 Å². The van der Waals surface area contributed by atoms with Gasteiger partial charge in [-0.1, -0.05) is 48.5 Å². The molecule has 0 bridgehead atoms. The maximum atomic E-state index is 8.93. The monoisotopic (exact) mass is 259 g/mol. The highest BCUT2D eigenvalue weighted by Crippen LogP contribution is 2.38. The lowest BCUT2D eigenvalue weighted by atomic mass is 9.94. The van der Waals surface area contributed by atoms with Crippen LogP contribution in [0.3, 0.4) is 0 Å². The molecule has 0 fully saturated rings. The molecular weight excluding hydrogens is 250 g/mol. The molecule has 2 heteroatoms. The second kappa shape index (κ2) is 3.88. The van der Waals surface area contributed by atoms with Crippen LogP contribution in [0.5, 0.6) is 0 Å². The number of thiocyanates is 1. The van der Waals surface area contributed by atoms with Gasteiger partial charge in [0.05, 0.1) is 0 Å². The van der Waals surface area contributed by atoms with Crippen molar-refractivity contribution < 1.29 is 0 Å². The van der Waals surface area contributed by atoms with Crippen LogP contribution < -0.4 is 0 Å². The molecule has 0 aliphatic carbocycles. The Morgan fingerprint density at radius 1 is 0.737 bits per heavy atom. The van der Waals surface area contributed by atoms with E-state index in [1.54, 1.807) is 0 Å². The van der Waals surface area contributed by atoms with E-state index in [-0.39, 0.29) is 0 Å². The molecule has 0 heterocycles. The maximum absolute atomic E-state index is 8.93. The van der Waals surface area contributed by atoms with Crippen molar-refractivity contribution in [2.45, 2.75) is 4.90 Å². The fourth-order valence-corrected chi connectivity index (χ4v) is 3.36. The largest absolute Gasteiger partial charge is 0.185 e. The van der Waals surface area contributed by atoms with Crippen molar-refractivity contribution in [3.63, 3.8) is 0 Å². The van der Waals surface area contributed by atoms with Crippen molar-refractivity contribution >= 4 is 44.1 Å². The SMILES string of the molecule is N#CSc1ccc2ccc3cccc4ccc1c2c34. The molecule has 0 saturated carbocycles. The van der Waals surface area contributed by atoms with Gasteiger partial charge in [-0.15, -0.1) is 0 Å². The van der Waals surface area contributed by atoms with Gasteiger partial charge in [0.25, 0.3) is 0 Å². The first-order valence-corrected chi connectivity index (χ1v) is 6.92. The second-order valence-corrected chi connectivity index (χ2v) is 5.44. The number of nitrogens with zero attached hydrogens (tertiary/aromatic N) is 1. The van der Waals surface area contributed by atoms with Gasteiger partial charge in [-0.25, -0.2) is 0 Å². The first kappa shape index (κ1) is 10.7. The molecule has 0 aliphatic heterocycles. The van der Waals surface area contributed by atoms with Crippen LogP contribution in [0.1, 0.15) is 0 Å². The number of benzene rings is 4. The van der Waals surface area contributed by atoms with Crippen LogP contribution in [0.15, 0.2) is 59.5 Å². The summed E-state index contributed by atoms with van der Waals surface area (Å²) in [5.41, 5.74) is 0. The quantitative estimate of drug-likeness (QED) is 0.268. The van der Waals surface area contributed by atoms with Gasteiger partial charge in [-0.05, 0) is 50.1 Å². The minimum Gasteiger partial charge on any atom is -0.185 e. The van der Waals surface area contributed by atoms with E-state index in [0.717, 1.165) is 4.90 Å². The molecule has 88 valence electrons. The highest BCUT2D eigenvalue weighted by Gasteiger charge is 2.10. The lowest BCUT2D eigenvalue weighted by molar-refractivity contribution is 1.55. The van der Waals surface area contributed by atoms with Crippen molar-refractivity contribution in [2.24, 2.45) is 0 Å². The molecule has 4 rings (SSSR count). The highest BCUT2D eigenvalue weighted by molar-refractivity contribution is 8.04. The Labute approximate surface area is 114 Å². The van der Waals surface area contributed by atoms with Crippen molar-refractivity contribution in [1.82, 2.24) is 0 Å². The molecule has 0 N–H and O–H groups in total. The molecule has 0 aliphatic rings. The molecule has 0 spiro atoms. The van der Waals surface area contributed by atoms with Gasteiger partial charge in [0.15, 0.2) is 0 Å². The van der Waals surface area contributed by atoms with Crippen molar-refractivity contribution in [1.29, 1.82) is 5.26 Å². The molecule has 1 nitrogen and oxygen atoms in total. The Morgan fingerprint density at radius 2 is 1.37 bits per heavy atom. The van der Waals surface area contributed by atoms with E-state index >= 15 is 0 Å². The summed E-state index contributed by atoms with van der Waals surface area (Å²) in [6, 6.07) is 19.1. The number of hydrogen-bond acceptors (Lipinski definition) is 2. The number of rotatable bonds is 1. The third-order valence-electron chi connectivity index (χ3n) is 3.64. The zero-order chi connectivity index (χ0) is 12.8. The summed E-state index contributed by atoms with van der Waals surface area (Å²) in [7, 11) is 0. The molecule has 4 aromatic rings. The lowest BCUT2D eigenvalue weighted by Crippen LogP contribution is -1.84. The van der Waals surface area contributed by atoms with Gasteiger partial charge in [0.2, 0.25) is 0 Å². The zero-order valence-corrected chi connectivity index (χ0v) is 10.9. The first-order valence-electron chi connectivity index (χ1n) is 6.11. The molecule has 0 amide bonds. The van der Waals surface area contributed by atoms with Gasteiger partial charge >= 0.3 is 0 Å². The molecule has 19 heavy (non-hydrogen) atoms. The smallest absolute Gasteiger partial charge is 0.138 e. The van der Waals surface area contributed by atoms with Crippen LogP contribution in [-0.2, 0) is 0 Å². The van der Waals surface area contributed by atoms with Gasteiger partial charge < -0.3 is 0 Å². The van der Waals surface area contributed by atoms with Crippen molar-refractivity contribution in [2.75, 3.05) is 0 Å². The average molecular weight is 259 g/mol. The van der Waals surface area contributed by atoms with E-state index in [4.69, 9.17) is 5.26 Å². The minimum atomic E-state index is 1.04. The Balaban J connectivity index is 2.32. The molecule has 0 radical (unpaired) electrons. The molecule has 0 unspecified atom stereocenters.